The first-order valence-corrected chi connectivity index (χ1v) is 10.7. The standard InChI is InChI=1S/C23H25ClFN3O3/c1-3-17(23(29)30)19-7-5-14-11-16(6-8-18(14)19)31-10-4-9-28(2)22-20(25)12-15(13-26)21(24)27-22/h6,8,11-12,17,19H,3-5,7,9-10H2,1-2H3,(H,29,30)/t17?,19-/m0/s1. The number of aryl methyl sites for hydroxylation is 1. The minimum Gasteiger partial charge on any atom is -0.494 e. The second kappa shape index (κ2) is 9.97. The first-order valence-electron chi connectivity index (χ1n) is 10.3. The van der Waals surface area contributed by atoms with Crippen molar-refractivity contribution < 1.29 is 19.0 Å². The van der Waals surface area contributed by atoms with E-state index in [-0.39, 0.29) is 28.4 Å². The molecule has 1 aliphatic carbocycles. The predicted octanol–water partition coefficient (Wildman–Crippen LogP) is 4.79. The minimum absolute atomic E-state index is 0.00658. The highest BCUT2D eigenvalue weighted by molar-refractivity contribution is 6.30. The molecule has 6 nitrogen and oxygen atoms in total. The molecule has 1 N–H and O–H groups in total. The van der Waals surface area contributed by atoms with E-state index in [2.05, 4.69) is 4.98 Å². The highest BCUT2D eigenvalue weighted by atomic mass is 35.5. The average Bonchev–Trinajstić information content (AvgIpc) is 3.15. The third-order valence-electron chi connectivity index (χ3n) is 5.78. The number of hydrogen-bond donors (Lipinski definition) is 1. The quantitative estimate of drug-likeness (QED) is 0.441. The van der Waals surface area contributed by atoms with Crippen LogP contribution in [0.3, 0.4) is 0 Å². The monoisotopic (exact) mass is 445 g/mol. The van der Waals surface area contributed by atoms with Crippen molar-refractivity contribution in [2.75, 3.05) is 25.1 Å². The molecule has 2 aromatic rings. The number of carboxylic acid groups (broad SMARTS) is 1. The third kappa shape index (κ3) is 5.08. The number of hydrogen-bond acceptors (Lipinski definition) is 5. The smallest absolute Gasteiger partial charge is 0.307 e. The highest BCUT2D eigenvalue weighted by Gasteiger charge is 2.33. The summed E-state index contributed by atoms with van der Waals surface area (Å²) in [5, 5.41) is 18.3. The van der Waals surface area contributed by atoms with Gasteiger partial charge in [0.25, 0.3) is 0 Å². The van der Waals surface area contributed by atoms with Crippen molar-refractivity contribution in [2.24, 2.45) is 5.92 Å². The second-order valence-corrected chi connectivity index (χ2v) is 8.08. The van der Waals surface area contributed by atoms with E-state index in [1.807, 2.05) is 25.1 Å². The molecule has 1 heterocycles. The Balaban J connectivity index is 1.55. The van der Waals surface area contributed by atoms with Gasteiger partial charge in [0.1, 0.15) is 17.0 Å². The van der Waals surface area contributed by atoms with Crippen LogP contribution in [0.2, 0.25) is 5.15 Å². The van der Waals surface area contributed by atoms with Crippen molar-refractivity contribution in [3.63, 3.8) is 0 Å². The zero-order valence-electron chi connectivity index (χ0n) is 17.6. The molecule has 0 saturated heterocycles. The van der Waals surface area contributed by atoms with Crippen molar-refractivity contribution >= 4 is 23.4 Å². The topological polar surface area (TPSA) is 86.5 Å². The molecule has 1 aromatic carbocycles. The molecule has 0 spiro atoms. The van der Waals surface area contributed by atoms with E-state index < -0.39 is 11.8 Å². The zero-order valence-corrected chi connectivity index (χ0v) is 18.3. The summed E-state index contributed by atoms with van der Waals surface area (Å²) in [4.78, 5) is 17.1. The van der Waals surface area contributed by atoms with E-state index >= 15 is 0 Å². The van der Waals surface area contributed by atoms with Gasteiger partial charge < -0.3 is 14.7 Å². The van der Waals surface area contributed by atoms with E-state index in [9.17, 15) is 14.3 Å². The molecule has 0 fully saturated rings. The number of aromatic nitrogens is 1. The van der Waals surface area contributed by atoms with Gasteiger partial charge in [-0.3, -0.25) is 4.79 Å². The normalized spacial score (nSPS) is 15.8. The lowest BCUT2D eigenvalue weighted by molar-refractivity contribution is -0.142. The van der Waals surface area contributed by atoms with E-state index in [0.29, 0.717) is 26.0 Å². The van der Waals surface area contributed by atoms with Crippen LogP contribution < -0.4 is 9.64 Å². The number of benzene rings is 1. The van der Waals surface area contributed by atoms with E-state index in [0.717, 1.165) is 35.8 Å². The number of nitrogens with zero attached hydrogens (tertiary/aromatic N) is 3. The van der Waals surface area contributed by atoms with Crippen LogP contribution in [0.4, 0.5) is 10.2 Å². The van der Waals surface area contributed by atoms with Crippen molar-refractivity contribution in [1.29, 1.82) is 5.26 Å². The molecule has 0 saturated carbocycles. The summed E-state index contributed by atoms with van der Waals surface area (Å²) in [7, 11) is 1.70. The lowest BCUT2D eigenvalue weighted by atomic mass is 9.85. The number of carbonyl (C=O) groups is 1. The molecule has 1 aliphatic rings. The van der Waals surface area contributed by atoms with Gasteiger partial charge in [-0.15, -0.1) is 0 Å². The van der Waals surface area contributed by atoms with Crippen LogP contribution in [0.15, 0.2) is 24.3 Å². The Kier molecular flexibility index (Phi) is 7.34. The Bertz CT molecular complexity index is 1010. The Morgan fingerprint density at radius 2 is 2.26 bits per heavy atom. The van der Waals surface area contributed by atoms with Crippen molar-refractivity contribution in [3.05, 3.63) is 51.9 Å². The Labute approximate surface area is 186 Å². The summed E-state index contributed by atoms with van der Waals surface area (Å²) in [6, 6.07) is 8.76. The van der Waals surface area contributed by atoms with Gasteiger partial charge >= 0.3 is 5.97 Å². The third-order valence-corrected chi connectivity index (χ3v) is 6.07. The number of aliphatic carboxylic acids is 1. The lowest BCUT2D eigenvalue weighted by Gasteiger charge is -2.20. The minimum atomic E-state index is -0.737. The summed E-state index contributed by atoms with van der Waals surface area (Å²) in [5.74, 6) is -0.786. The van der Waals surface area contributed by atoms with Crippen LogP contribution in [-0.4, -0.2) is 36.3 Å². The summed E-state index contributed by atoms with van der Waals surface area (Å²) < 4.78 is 20.0. The van der Waals surface area contributed by atoms with Crippen molar-refractivity contribution in [3.8, 4) is 11.8 Å². The molecule has 0 radical (unpaired) electrons. The van der Waals surface area contributed by atoms with Crippen molar-refractivity contribution in [1.82, 2.24) is 4.98 Å². The first kappa shape index (κ1) is 22.8. The summed E-state index contributed by atoms with van der Waals surface area (Å²) >= 11 is 5.91. The van der Waals surface area contributed by atoms with Crippen LogP contribution in [0.5, 0.6) is 5.75 Å². The molecule has 164 valence electrons. The molecule has 0 amide bonds. The van der Waals surface area contributed by atoms with Crippen molar-refractivity contribution in [2.45, 2.75) is 38.5 Å². The number of anilines is 1. The fourth-order valence-corrected chi connectivity index (χ4v) is 4.34. The predicted molar refractivity (Wildman–Crippen MR) is 116 cm³/mol. The zero-order chi connectivity index (χ0) is 22.5. The molecule has 8 heteroatoms. The van der Waals surface area contributed by atoms with Gasteiger partial charge in [-0.05, 0) is 60.9 Å². The lowest BCUT2D eigenvalue weighted by Crippen LogP contribution is -2.23. The van der Waals surface area contributed by atoms with Gasteiger partial charge in [0, 0.05) is 13.6 Å². The highest BCUT2D eigenvalue weighted by Crippen LogP contribution is 2.41. The number of halogens is 2. The number of pyridine rings is 1. The Morgan fingerprint density at radius 3 is 2.94 bits per heavy atom. The number of carboxylic acids is 1. The summed E-state index contributed by atoms with van der Waals surface area (Å²) in [5.41, 5.74) is 2.27. The number of rotatable bonds is 9. The van der Waals surface area contributed by atoms with Crippen LogP contribution in [0, 0.1) is 23.1 Å². The van der Waals surface area contributed by atoms with Gasteiger partial charge in [-0.2, -0.15) is 5.26 Å². The maximum Gasteiger partial charge on any atom is 0.307 e. The van der Waals surface area contributed by atoms with Crippen LogP contribution in [0.25, 0.3) is 0 Å². The molecule has 1 aromatic heterocycles. The van der Waals surface area contributed by atoms with Gasteiger partial charge in [-0.1, -0.05) is 24.6 Å². The molecule has 3 rings (SSSR count). The van der Waals surface area contributed by atoms with E-state index in [1.54, 1.807) is 18.0 Å². The fourth-order valence-electron chi connectivity index (χ4n) is 4.17. The summed E-state index contributed by atoms with van der Waals surface area (Å²) in [6.07, 6.45) is 2.95. The van der Waals surface area contributed by atoms with E-state index in [1.165, 1.54) is 0 Å². The van der Waals surface area contributed by atoms with Crippen LogP contribution in [-0.2, 0) is 11.2 Å². The van der Waals surface area contributed by atoms with Crippen LogP contribution >= 0.6 is 11.6 Å². The maximum atomic E-state index is 14.2. The molecule has 0 bridgehead atoms. The molecular formula is C23H25ClFN3O3. The largest absolute Gasteiger partial charge is 0.494 e. The summed E-state index contributed by atoms with van der Waals surface area (Å²) in [6.45, 7) is 2.85. The van der Waals surface area contributed by atoms with Gasteiger partial charge in [0.05, 0.1) is 18.1 Å². The SMILES string of the molecule is CCC(C(=O)O)[C@@H]1CCc2cc(OCCCN(C)c3nc(Cl)c(C#N)cc3F)ccc21. The first-order chi connectivity index (χ1) is 14.8. The van der Waals surface area contributed by atoms with Gasteiger partial charge in [0.2, 0.25) is 0 Å². The Hall–Kier alpha value is -2.85. The van der Waals surface area contributed by atoms with Crippen LogP contribution in [0.1, 0.15) is 48.8 Å². The molecule has 2 atom stereocenters. The molecular weight excluding hydrogens is 421 g/mol. The molecule has 1 unspecified atom stereocenters. The second-order valence-electron chi connectivity index (χ2n) is 7.73. The average molecular weight is 446 g/mol. The fraction of sp³-hybridized carbons (Fsp3) is 0.435. The number of fused-ring (bicyclic) bond motifs is 1. The van der Waals surface area contributed by atoms with E-state index in [4.69, 9.17) is 21.6 Å². The molecule has 0 aliphatic heterocycles. The van der Waals surface area contributed by atoms with Gasteiger partial charge in [0.15, 0.2) is 11.6 Å². The Morgan fingerprint density at radius 1 is 1.48 bits per heavy atom. The van der Waals surface area contributed by atoms with Gasteiger partial charge in [-0.25, -0.2) is 9.37 Å². The number of ether oxygens (including phenoxy) is 1. The number of nitriles is 1. The maximum absolute atomic E-state index is 14.2. The molecule has 31 heavy (non-hydrogen) atoms.